The molecule has 0 aliphatic heterocycles. The van der Waals surface area contributed by atoms with E-state index in [-0.39, 0.29) is 23.8 Å². The van der Waals surface area contributed by atoms with Gasteiger partial charge in [0.05, 0.1) is 5.69 Å². The topological polar surface area (TPSA) is 64.0 Å². The predicted octanol–water partition coefficient (Wildman–Crippen LogP) is 1.62. The van der Waals surface area contributed by atoms with Crippen LogP contribution in [0.3, 0.4) is 0 Å². The predicted molar refractivity (Wildman–Crippen MR) is 83.6 cm³/mol. The van der Waals surface area contributed by atoms with Crippen LogP contribution in [0.4, 0.5) is 4.39 Å². The summed E-state index contributed by atoms with van der Waals surface area (Å²) in [5.41, 5.74) is 1.55. The number of nitrogens with one attached hydrogen (secondary N) is 1. The Labute approximate surface area is 133 Å². The fourth-order valence-corrected chi connectivity index (χ4v) is 2.36. The molecule has 3 rings (SSSR count). The lowest BCUT2D eigenvalue weighted by atomic mass is 10.1. The Kier molecular flexibility index (Phi) is 4.50. The van der Waals surface area contributed by atoms with Gasteiger partial charge in [0.25, 0.3) is 5.56 Å². The number of amides is 1. The molecule has 120 valence electrons. The largest absolute Gasteiger partial charge is 0.354 e. The van der Waals surface area contributed by atoms with E-state index in [2.05, 4.69) is 10.4 Å². The summed E-state index contributed by atoms with van der Waals surface area (Å²) in [5.74, 6) is -0.100. The Bertz CT molecular complexity index is 751. The van der Waals surface area contributed by atoms with Crippen molar-refractivity contribution in [2.75, 3.05) is 6.54 Å². The molecule has 0 bridgehead atoms. The van der Waals surface area contributed by atoms with Crippen molar-refractivity contribution in [1.82, 2.24) is 15.1 Å². The van der Waals surface area contributed by atoms with Crippen LogP contribution >= 0.6 is 0 Å². The standard InChI is InChI=1S/C17H18FN3O2/c18-14-5-1-12(2-6-14)9-10-19-16(22)11-21-17(23)8-7-15(20-21)13-3-4-13/h1-2,5-8,13H,3-4,9-11H2,(H,19,22). The van der Waals surface area contributed by atoms with Crippen molar-refractivity contribution in [1.29, 1.82) is 0 Å². The third-order valence-corrected chi connectivity index (χ3v) is 3.83. The molecule has 1 fully saturated rings. The Morgan fingerprint density at radius 3 is 2.65 bits per heavy atom. The zero-order valence-corrected chi connectivity index (χ0v) is 12.7. The van der Waals surface area contributed by atoms with Crippen molar-refractivity contribution in [2.45, 2.75) is 31.7 Å². The molecule has 0 radical (unpaired) electrons. The van der Waals surface area contributed by atoms with E-state index in [0.29, 0.717) is 18.9 Å². The second-order valence-electron chi connectivity index (χ2n) is 5.75. The van der Waals surface area contributed by atoms with Crippen LogP contribution in [0.1, 0.15) is 30.0 Å². The highest BCUT2D eigenvalue weighted by molar-refractivity contribution is 5.75. The molecule has 0 unspecified atom stereocenters. The van der Waals surface area contributed by atoms with Gasteiger partial charge in [-0.1, -0.05) is 12.1 Å². The molecule has 1 N–H and O–H groups in total. The Balaban J connectivity index is 1.52. The van der Waals surface area contributed by atoms with E-state index in [1.54, 1.807) is 18.2 Å². The maximum Gasteiger partial charge on any atom is 0.267 e. The molecule has 1 aliphatic carbocycles. The van der Waals surface area contributed by atoms with Gasteiger partial charge in [-0.25, -0.2) is 9.07 Å². The Hall–Kier alpha value is -2.50. The zero-order valence-electron chi connectivity index (χ0n) is 12.7. The lowest BCUT2D eigenvalue weighted by molar-refractivity contribution is -0.121. The number of carbonyl (C=O) groups excluding carboxylic acids is 1. The van der Waals surface area contributed by atoms with Crippen molar-refractivity contribution in [3.05, 3.63) is 63.8 Å². The molecule has 23 heavy (non-hydrogen) atoms. The maximum atomic E-state index is 12.8. The van der Waals surface area contributed by atoms with Gasteiger partial charge in [0.1, 0.15) is 12.4 Å². The molecule has 0 saturated heterocycles. The lowest BCUT2D eigenvalue weighted by Crippen LogP contribution is -2.34. The first-order valence-electron chi connectivity index (χ1n) is 7.71. The van der Waals surface area contributed by atoms with Crippen molar-refractivity contribution in [3.8, 4) is 0 Å². The molecule has 1 aliphatic rings. The SMILES string of the molecule is O=C(Cn1nc(C2CC2)ccc1=O)NCCc1ccc(F)cc1. The Morgan fingerprint density at radius 1 is 1.22 bits per heavy atom. The van der Waals surface area contributed by atoms with Gasteiger partial charge in [-0.15, -0.1) is 0 Å². The van der Waals surface area contributed by atoms with Gasteiger partial charge in [-0.05, 0) is 43.0 Å². The van der Waals surface area contributed by atoms with Gasteiger partial charge in [0, 0.05) is 18.5 Å². The average molecular weight is 315 g/mol. The van der Waals surface area contributed by atoms with E-state index in [1.807, 2.05) is 0 Å². The number of rotatable bonds is 6. The van der Waals surface area contributed by atoms with Gasteiger partial charge in [-0.2, -0.15) is 5.10 Å². The summed E-state index contributed by atoms with van der Waals surface area (Å²) in [4.78, 5) is 23.7. The highest BCUT2D eigenvalue weighted by Gasteiger charge is 2.25. The fourth-order valence-electron chi connectivity index (χ4n) is 2.36. The third-order valence-electron chi connectivity index (χ3n) is 3.83. The van der Waals surface area contributed by atoms with Crippen LogP contribution in [-0.4, -0.2) is 22.2 Å². The molecule has 6 heteroatoms. The van der Waals surface area contributed by atoms with Crippen LogP contribution in [0, 0.1) is 5.82 Å². The summed E-state index contributed by atoms with van der Waals surface area (Å²) in [5, 5.41) is 7.01. The van der Waals surface area contributed by atoms with E-state index in [9.17, 15) is 14.0 Å². The van der Waals surface area contributed by atoms with Crippen molar-refractivity contribution in [3.63, 3.8) is 0 Å². The first-order valence-corrected chi connectivity index (χ1v) is 7.71. The number of nitrogens with zero attached hydrogens (tertiary/aromatic N) is 2. The van der Waals surface area contributed by atoms with Gasteiger partial charge in [-0.3, -0.25) is 9.59 Å². The van der Waals surface area contributed by atoms with E-state index in [0.717, 1.165) is 24.1 Å². The van der Waals surface area contributed by atoms with Gasteiger partial charge < -0.3 is 5.32 Å². The van der Waals surface area contributed by atoms with Crippen LogP contribution in [0.5, 0.6) is 0 Å². The van der Waals surface area contributed by atoms with Gasteiger partial charge >= 0.3 is 0 Å². The molecule has 1 amide bonds. The summed E-state index contributed by atoms with van der Waals surface area (Å²) in [6, 6.07) is 9.36. The molecule has 2 aromatic rings. The van der Waals surface area contributed by atoms with E-state index >= 15 is 0 Å². The molecule has 0 atom stereocenters. The zero-order chi connectivity index (χ0) is 16.2. The average Bonchev–Trinajstić information content (AvgIpc) is 3.36. The van der Waals surface area contributed by atoms with E-state index in [1.165, 1.54) is 22.9 Å². The third kappa shape index (κ3) is 4.25. The number of hydrogen-bond acceptors (Lipinski definition) is 3. The van der Waals surface area contributed by atoms with Crippen LogP contribution in [0.25, 0.3) is 0 Å². The van der Waals surface area contributed by atoms with E-state index < -0.39 is 0 Å². The molecule has 1 heterocycles. The number of aromatic nitrogens is 2. The molecule has 1 aromatic carbocycles. The number of halogens is 1. The first kappa shape index (κ1) is 15.4. The minimum absolute atomic E-state index is 0.0805. The van der Waals surface area contributed by atoms with Crippen LogP contribution < -0.4 is 10.9 Å². The smallest absolute Gasteiger partial charge is 0.267 e. The second-order valence-corrected chi connectivity index (χ2v) is 5.75. The van der Waals surface area contributed by atoms with Crippen LogP contribution in [0.15, 0.2) is 41.2 Å². The van der Waals surface area contributed by atoms with Gasteiger partial charge in [0.15, 0.2) is 0 Å². The summed E-state index contributed by atoms with van der Waals surface area (Å²) in [7, 11) is 0. The fraction of sp³-hybridized carbons (Fsp3) is 0.353. The molecule has 0 spiro atoms. The number of benzene rings is 1. The second kappa shape index (κ2) is 6.73. The lowest BCUT2D eigenvalue weighted by Gasteiger charge is -2.08. The summed E-state index contributed by atoms with van der Waals surface area (Å²) >= 11 is 0. The highest BCUT2D eigenvalue weighted by atomic mass is 19.1. The molecule has 1 saturated carbocycles. The summed E-state index contributed by atoms with van der Waals surface area (Å²) < 4.78 is 14.0. The number of hydrogen-bond donors (Lipinski definition) is 1. The minimum atomic E-state index is -0.279. The van der Waals surface area contributed by atoms with Crippen LogP contribution in [0.2, 0.25) is 0 Å². The first-order chi connectivity index (χ1) is 11.1. The van der Waals surface area contributed by atoms with Crippen molar-refractivity contribution < 1.29 is 9.18 Å². The highest BCUT2D eigenvalue weighted by Crippen LogP contribution is 2.38. The van der Waals surface area contributed by atoms with E-state index in [4.69, 9.17) is 0 Å². The monoisotopic (exact) mass is 315 g/mol. The van der Waals surface area contributed by atoms with Gasteiger partial charge in [0.2, 0.25) is 5.91 Å². The molecular formula is C17H18FN3O2. The summed E-state index contributed by atoms with van der Waals surface area (Å²) in [6.07, 6.45) is 2.79. The maximum absolute atomic E-state index is 12.8. The Morgan fingerprint density at radius 2 is 1.96 bits per heavy atom. The normalized spacial score (nSPS) is 13.8. The molecule has 1 aromatic heterocycles. The molecular weight excluding hydrogens is 297 g/mol. The van der Waals surface area contributed by atoms with Crippen molar-refractivity contribution >= 4 is 5.91 Å². The number of carbonyl (C=O) groups is 1. The van der Waals surface area contributed by atoms with Crippen molar-refractivity contribution in [2.24, 2.45) is 0 Å². The summed E-state index contributed by atoms with van der Waals surface area (Å²) in [6.45, 7) is 0.352. The van der Waals surface area contributed by atoms with Crippen LogP contribution in [-0.2, 0) is 17.8 Å². The quantitative estimate of drug-likeness (QED) is 0.881. The minimum Gasteiger partial charge on any atom is -0.354 e. The molecule has 5 nitrogen and oxygen atoms in total.